The van der Waals surface area contributed by atoms with Crippen LogP contribution in [-0.2, 0) is 0 Å². The number of allylic oxidation sites excluding steroid dienone is 7. The summed E-state index contributed by atoms with van der Waals surface area (Å²) in [5.41, 5.74) is 4.31. The molecule has 0 aliphatic heterocycles. The van der Waals surface area contributed by atoms with Gasteiger partial charge in [-0.2, -0.15) is 0 Å². The van der Waals surface area contributed by atoms with Gasteiger partial charge in [-0.15, -0.1) is 0 Å². The maximum atomic E-state index is 4.05. The summed E-state index contributed by atoms with van der Waals surface area (Å²) in [6.45, 7) is 21.8. The zero-order valence-corrected chi connectivity index (χ0v) is 15.0. The third-order valence-corrected chi connectivity index (χ3v) is 2.53. The molecule has 1 aromatic carbocycles. The third-order valence-electron chi connectivity index (χ3n) is 2.53. The first-order chi connectivity index (χ1) is 10.6. The minimum absolute atomic E-state index is 0.976. The van der Waals surface area contributed by atoms with Crippen molar-refractivity contribution in [3.05, 3.63) is 91.1 Å². The Balaban J connectivity index is 0. The van der Waals surface area contributed by atoms with E-state index in [9.17, 15) is 0 Å². The van der Waals surface area contributed by atoms with Crippen LogP contribution < -0.4 is 0 Å². The molecular weight excluding hydrogens is 264 g/mol. The van der Waals surface area contributed by atoms with Crippen molar-refractivity contribution in [2.75, 3.05) is 0 Å². The van der Waals surface area contributed by atoms with Crippen molar-refractivity contribution < 1.29 is 0 Å². The van der Waals surface area contributed by atoms with Crippen LogP contribution in [0, 0.1) is 0 Å². The summed E-state index contributed by atoms with van der Waals surface area (Å²) >= 11 is 0. The minimum atomic E-state index is 0.976. The molecular formula is C22H32. The Hall–Kier alpha value is -2.08. The summed E-state index contributed by atoms with van der Waals surface area (Å²) in [6, 6.07) is 10.2. The van der Waals surface area contributed by atoms with Gasteiger partial charge in [-0.3, -0.25) is 0 Å². The molecule has 0 aliphatic rings. The third kappa shape index (κ3) is 9.77. The van der Waals surface area contributed by atoms with Crippen LogP contribution in [0.4, 0.5) is 0 Å². The Bertz CT molecular complexity index is 484. The van der Waals surface area contributed by atoms with Gasteiger partial charge < -0.3 is 0 Å². The molecule has 0 heteroatoms. The van der Waals surface area contributed by atoms with Crippen molar-refractivity contribution in [3.8, 4) is 0 Å². The monoisotopic (exact) mass is 296 g/mol. The number of rotatable bonds is 5. The predicted octanol–water partition coefficient (Wildman–Crippen LogP) is 7.39. The van der Waals surface area contributed by atoms with Crippen molar-refractivity contribution >= 4 is 5.57 Å². The van der Waals surface area contributed by atoms with Crippen LogP contribution in [0.25, 0.3) is 5.57 Å². The molecule has 0 bridgehead atoms. The van der Waals surface area contributed by atoms with E-state index in [4.69, 9.17) is 0 Å². The average Bonchev–Trinajstić information content (AvgIpc) is 2.56. The van der Waals surface area contributed by atoms with E-state index in [1.165, 1.54) is 6.42 Å². The quantitative estimate of drug-likeness (QED) is 0.497. The lowest BCUT2D eigenvalue weighted by Crippen LogP contribution is -1.84. The zero-order valence-electron chi connectivity index (χ0n) is 15.0. The Labute approximate surface area is 138 Å². The molecule has 0 nitrogen and oxygen atoms in total. The molecule has 0 unspecified atom stereocenters. The van der Waals surface area contributed by atoms with E-state index in [-0.39, 0.29) is 0 Å². The first kappa shape index (κ1) is 22.2. The molecule has 0 saturated heterocycles. The zero-order chi connectivity index (χ0) is 17.4. The van der Waals surface area contributed by atoms with E-state index in [0.717, 1.165) is 22.3 Å². The molecule has 0 heterocycles. The van der Waals surface area contributed by atoms with Crippen LogP contribution in [0.1, 0.15) is 46.6 Å². The van der Waals surface area contributed by atoms with E-state index < -0.39 is 0 Å². The van der Waals surface area contributed by atoms with Crippen LogP contribution in [-0.4, -0.2) is 0 Å². The van der Waals surface area contributed by atoms with Crippen molar-refractivity contribution in [1.29, 1.82) is 0 Å². The minimum Gasteiger partial charge on any atom is -0.0991 e. The van der Waals surface area contributed by atoms with E-state index in [2.05, 4.69) is 45.7 Å². The molecule has 0 amide bonds. The fourth-order valence-electron chi connectivity index (χ4n) is 1.48. The second-order valence-corrected chi connectivity index (χ2v) is 4.49. The number of hydrogen-bond acceptors (Lipinski definition) is 0. The summed E-state index contributed by atoms with van der Waals surface area (Å²) in [6.07, 6.45) is 8.86. The molecule has 1 rings (SSSR count). The van der Waals surface area contributed by atoms with Gasteiger partial charge in [0, 0.05) is 0 Å². The van der Waals surface area contributed by atoms with Crippen LogP contribution in [0.5, 0.6) is 0 Å². The Kier molecular flexibility index (Phi) is 15.5. The van der Waals surface area contributed by atoms with Crippen molar-refractivity contribution in [2.24, 2.45) is 0 Å². The Morgan fingerprint density at radius 3 is 1.95 bits per heavy atom. The summed E-state index contributed by atoms with van der Waals surface area (Å²) in [5.74, 6) is 0. The molecule has 120 valence electrons. The lowest BCUT2D eigenvalue weighted by Gasteiger charge is -2.05. The van der Waals surface area contributed by atoms with E-state index in [1.807, 2.05) is 57.2 Å². The molecule has 1 aromatic rings. The molecule has 0 aliphatic carbocycles. The van der Waals surface area contributed by atoms with Crippen LogP contribution in [0.15, 0.2) is 85.5 Å². The number of benzene rings is 1. The summed E-state index contributed by atoms with van der Waals surface area (Å²) in [7, 11) is 0. The number of hydrogen-bond donors (Lipinski definition) is 0. The van der Waals surface area contributed by atoms with Gasteiger partial charge in [-0.1, -0.05) is 102 Å². The highest BCUT2D eigenvalue weighted by molar-refractivity contribution is 5.76. The SMILES string of the molecule is C=C/C=C(\C)C(=C)/C=C(\C=C)c1ccccc1.CC.CCC. The molecule has 0 N–H and O–H groups in total. The van der Waals surface area contributed by atoms with Gasteiger partial charge in [0.1, 0.15) is 0 Å². The molecule has 0 atom stereocenters. The van der Waals surface area contributed by atoms with Gasteiger partial charge in [0.2, 0.25) is 0 Å². The van der Waals surface area contributed by atoms with Gasteiger partial charge in [0.15, 0.2) is 0 Å². The molecule has 22 heavy (non-hydrogen) atoms. The topological polar surface area (TPSA) is 0 Å². The highest BCUT2D eigenvalue weighted by Gasteiger charge is 1.98. The maximum Gasteiger partial charge on any atom is -0.0184 e. The van der Waals surface area contributed by atoms with E-state index >= 15 is 0 Å². The predicted molar refractivity (Wildman–Crippen MR) is 105 cm³/mol. The first-order valence-electron chi connectivity index (χ1n) is 7.98. The summed E-state index contributed by atoms with van der Waals surface area (Å²) in [4.78, 5) is 0. The average molecular weight is 296 g/mol. The van der Waals surface area contributed by atoms with E-state index in [1.54, 1.807) is 6.08 Å². The summed E-state index contributed by atoms with van der Waals surface area (Å²) < 4.78 is 0. The van der Waals surface area contributed by atoms with Crippen molar-refractivity contribution in [2.45, 2.75) is 41.0 Å². The van der Waals surface area contributed by atoms with Crippen molar-refractivity contribution in [1.82, 2.24) is 0 Å². The maximum absolute atomic E-state index is 4.05. The normalized spacial score (nSPS) is 10.4. The molecule has 0 radical (unpaired) electrons. The Morgan fingerprint density at radius 1 is 1.05 bits per heavy atom. The fraction of sp³-hybridized carbons (Fsp3) is 0.273. The highest BCUT2D eigenvalue weighted by atomic mass is 14.0. The highest BCUT2D eigenvalue weighted by Crippen LogP contribution is 2.19. The summed E-state index contributed by atoms with van der Waals surface area (Å²) in [5, 5.41) is 0. The van der Waals surface area contributed by atoms with Crippen LogP contribution in [0.2, 0.25) is 0 Å². The molecule has 0 spiro atoms. The van der Waals surface area contributed by atoms with Gasteiger partial charge in [0.05, 0.1) is 0 Å². The second kappa shape index (κ2) is 15.3. The van der Waals surface area contributed by atoms with E-state index in [0.29, 0.717) is 0 Å². The van der Waals surface area contributed by atoms with Gasteiger partial charge in [-0.25, -0.2) is 0 Å². The fourth-order valence-corrected chi connectivity index (χ4v) is 1.48. The lowest BCUT2D eigenvalue weighted by molar-refractivity contribution is 1.09. The second-order valence-electron chi connectivity index (χ2n) is 4.49. The standard InChI is InChI=1S/C17H18.C3H8.C2H6/c1-5-10-14(3)15(4)13-16(6-2)17-11-8-7-9-12-17;1-3-2;1-2/h5-13H,1-2,4H2,3H3;3H2,1-2H3;1-2H3/b14-10+,16-13+;;. The van der Waals surface area contributed by atoms with Crippen LogP contribution in [0.3, 0.4) is 0 Å². The van der Waals surface area contributed by atoms with Gasteiger partial charge >= 0.3 is 0 Å². The Morgan fingerprint density at radius 2 is 1.55 bits per heavy atom. The molecule has 0 aromatic heterocycles. The smallest absolute Gasteiger partial charge is 0.0184 e. The molecule has 0 fully saturated rings. The van der Waals surface area contributed by atoms with Gasteiger partial charge in [-0.05, 0) is 35.3 Å². The largest absolute Gasteiger partial charge is 0.0991 e. The lowest BCUT2D eigenvalue weighted by atomic mass is 10.0. The van der Waals surface area contributed by atoms with Crippen molar-refractivity contribution in [3.63, 3.8) is 0 Å². The van der Waals surface area contributed by atoms with Gasteiger partial charge in [0.25, 0.3) is 0 Å². The van der Waals surface area contributed by atoms with Crippen LogP contribution >= 0.6 is 0 Å². The molecule has 0 saturated carbocycles. The first-order valence-corrected chi connectivity index (χ1v) is 7.98.